The smallest absolute Gasteiger partial charge is 0.350 e. The zero-order valence-corrected chi connectivity index (χ0v) is 19.0. The standard InChI is InChI=1S/C20H15Cl3N2O5S/c21-11-8-12(22)16-14(9-11)31-18(17(16)23)20(28)30-10-15(26)24-3-5-25(6-4-24)19(27)13-2-1-7-29-13/h1-2,7-9H,3-6,10H2. The van der Waals surface area contributed by atoms with Crippen molar-refractivity contribution in [3.8, 4) is 0 Å². The number of piperazine rings is 1. The van der Waals surface area contributed by atoms with E-state index in [4.69, 9.17) is 44.0 Å². The zero-order valence-electron chi connectivity index (χ0n) is 15.9. The summed E-state index contributed by atoms with van der Waals surface area (Å²) in [5, 5.41) is 1.45. The molecule has 1 aliphatic rings. The SMILES string of the molecule is O=C(OCC(=O)N1CCN(C(=O)c2ccco2)CC1)c1sc2cc(Cl)cc(Cl)c2c1Cl. The molecule has 1 aliphatic heterocycles. The maximum Gasteiger partial charge on any atom is 0.350 e. The van der Waals surface area contributed by atoms with E-state index in [1.165, 1.54) is 6.26 Å². The topological polar surface area (TPSA) is 80.1 Å². The third-order valence-corrected chi connectivity index (χ3v) is 6.94. The van der Waals surface area contributed by atoms with Gasteiger partial charge in [0.1, 0.15) is 4.88 Å². The molecule has 0 aliphatic carbocycles. The fraction of sp³-hybridized carbons (Fsp3) is 0.250. The van der Waals surface area contributed by atoms with Gasteiger partial charge in [-0.1, -0.05) is 34.8 Å². The van der Waals surface area contributed by atoms with Crippen molar-refractivity contribution in [2.75, 3.05) is 32.8 Å². The Morgan fingerprint density at radius 3 is 2.45 bits per heavy atom. The van der Waals surface area contributed by atoms with Crippen molar-refractivity contribution in [1.29, 1.82) is 0 Å². The molecule has 31 heavy (non-hydrogen) atoms. The minimum absolute atomic E-state index is 0.155. The van der Waals surface area contributed by atoms with E-state index in [9.17, 15) is 14.4 Å². The van der Waals surface area contributed by atoms with Crippen LogP contribution >= 0.6 is 46.1 Å². The maximum absolute atomic E-state index is 12.5. The number of hydrogen-bond acceptors (Lipinski definition) is 6. The Balaban J connectivity index is 1.34. The summed E-state index contributed by atoms with van der Waals surface area (Å²) in [4.78, 5) is 40.5. The number of carbonyl (C=O) groups excluding carboxylic acids is 3. The zero-order chi connectivity index (χ0) is 22.1. The molecule has 3 aromatic rings. The summed E-state index contributed by atoms with van der Waals surface area (Å²) < 4.78 is 11.0. The van der Waals surface area contributed by atoms with Crippen LogP contribution in [-0.2, 0) is 9.53 Å². The number of halogens is 3. The molecule has 1 saturated heterocycles. The highest BCUT2D eigenvalue weighted by Gasteiger charge is 2.27. The first-order valence-corrected chi connectivity index (χ1v) is 11.1. The van der Waals surface area contributed by atoms with Crippen molar-refractivity contribution >= 4 is 74.0 Å². The van der Waals surface area contributed by atoms with Crippen LogP contribution in [0.15, 0.2) is 34.9 Å². The molecule has 0 unspecified atom stereocenters. The molecule has 2 aromatic heterocycles. The molecule has 0 saturated carbocycles. The van der Waals surface area contributed by atoms with Crippen LogP contribution in [0.2, 0.25) is 15.1 Å². The normalized spacial score (nSPS) is 14.2. The number of thiophene rings is 1. The second-order valence-corrected chi connectivity index (χ2v) is 9.01. The summed E-state index contributed by atoms with van der Waals surface area (Å²) in [6.07, 6.45) is 1.44. The van der Waals surface area contributed by atoms with E-state index in [1.54, 1.807) is 34.1 Å². The van der Waals surface area contributed by atoms with Crippen molar-refractivity contribution < 1.29 is 23.5 Å². The quantitative estimate of drug-likeness (QED) is 0.488. The molecule has 1 fully saturated rings. The van der Waals surface area contributed by atoms with Crippen LogP contribution in [0, 0.1) is 0 Å². The predicted molar refractivity (Wildman–Crippen MR) is 118 cm³/mol. The molecular formula is C20H15Cl3N2O5S. The molecule has 0 N–H and O–H groups in total. The van der Waals surface area contributed by atoms with Gasteiger partial charge in [0.05, 0.1) is 16.3 Å². The van der Waals surface area contributed by atoms with Crippen molar-refractivity contribution in [3.05, 3.63) is 56.2 Å². The fourth-order valence-corrected chi connectivity index (χ4v) is 5.51. The third-order valence-electron chi connectivity index (χ3n) is 4.81. The van der Waals surface area contributed by atoms with Gasteiger partial charge in [0.25, 0.3) is 11.8 Å². The van der Waals surface area contributed by atoms with E-state index in [1.807, 2.05) is 0 Å². The lowest BCUT2D eigenvalue weighted by Gasteiger charge is -2.34. The summed E-state index contributed by atoms with van der Waals surface area (Å²) in [5.74, 6) is -1.02. The molecule has 0 radical (unpaired) electrons. The Labute approximate surface area is 196 Å². The van der Waals surface area contributed by atoms with Crippen molar-refractivity contribution in [1.82, 2.24) is 9.80 Å². The lowest BCUT2D eigenvalue weighted by Crippen LogP contribution is -2.51. The van der Waals surface area contributed by atoms with Crippen LogP contribution in [0.25, 0.3) is 10.1 Å². The Morgan fingerprint density at radius 2 is 1.77 bits per heavy atom. The first kappa shape index (κ1) is 22.0. The Morgan fingerprint density at radius 1 is 1.06 bits per heavy atom. The molecule has 11 heteroatoms. The second kappa shape index (κ2) is 9.08. The highest BCUT2D eigenvalue weighted by Crippen LogP contribution is 2.41. The van der Waals surface area contributed by atoms with Crippen LogP contribution in [0.5, 0.6) is 0 Å². The van der Waals surface area contributed by atoms with Crippen LogP contribution in [0.4, 0.5) is 0 Å². The molecule has 162 valence electrons. The van der Waals surface area contributed by atoms with Gasteiger partial charge >= 0.3 is 5.97 Å². The second-order valence-electron chi connectivity index (χ2n) is 6.73. The van der Waals surface area contributed by atoms with Gasteiger partial charge < -0.3 is 19.0 Å². The summed E-state index contributed by atoms with van der Waals surface area (Å²) in [6.45, 7) is 0.965. The van der Waals surface area contributed by atoms with Gasteiger partial charge in [-0.25, -0.2) is 4.79 Å². The van der Waals surface area contributed by atoms with Crippen LogP contribution < -0.4 is 0 Å². The fourth-order valence-electron chi connectivity index (χ4n) is 3.24. The van der Waals surface area contributed by atoms with Crippen LogP contribution in [0.3, 0.4) is 0 Å². The number of hydrogen-bond donors (Lipinski definition) is 0. The molecule has 0 spiro atoms. The Hall–Kier alpha value is -2.26. The van der Waals surface area contributed by atoms with Gasteiger partial charge in [0.15, 0.2) is 12.4 Å². The molecule has 4 rings (SSSR count). The Kier molecular flexibility index (Phi) is 6.43. The van der Waals surface area contributed by atoms with E-state index in [2.05, 4.69) is 0 Å². The molecule has 7 nitrogen and oxygen atoms in total. The summed E-state index contributed by atoms with van der Waals surface area (Å²) in [6, 6.07) is 6.44. The molecule has 3 heterocycles. The summed E-state index contributed by atoms with van der Waals surface area (Å²) in [7, 11) is 0. The first-order chi connectivity index (χ1) is 14.8. The molecule has 1 aromatic carbocycles. The van der Waals surface area contributed by atoms with Gasteiger partial charge in [-0.15, -0.1) is 11.3 Å². The monoisotopic (exact) mass is 500 g/mol. The number of benzene rings is 1. The van der Waals surface area contributed by atoms with Crippen molar-refractivity contribution in [3.63, 3.8) is 0 Å². The minimum Gasteiger partial charge on any atom is -0.459 e. The number of esters is 1. The van der Waals surface area contributed by atoms with E-state index in [0.29, 0.717) is 46.3 Å². The number of ether oxygens (including phenoxy) is 1. The number of nitrogens with zero attached hydrogens (tertiary/aromatic N) is 2. The van der Waals surface area contributed by atoms with Crippen LogP contribution in [0.1, 0.15) is 20.2 Å². The highest BCUT2D eigenvalue weighted by atomic mass is 35.5. The average molecular weight is 502 g/mol. The minimum atomic E-state index is -0.710. The molecule has 2 amide bonds. The number of fused-ring (bicyclic) bond motifs is 1. The summed E-state index contributed by atoms with van der Waals surface area (Å²) >= 11 is 19.6. The van der Waals surface area contributed by atoms with Gasteiger partial charge in [-0.3, -0.25) is 9.59 Å². The number of furan rings is 1. The van der Waals surface area contributed by atoms with E-state index >= 15 is 0 Å². The third kappa shape index (κ3) is 4.52. The van der Waals surface area contributed by atoms with Gasteiger partial charge in [-0.05, 0) is 24.3 Å². The average Bonchev–Trinajstić information content (AvgIpc) is 3.39. The van der Waals surface area contributed by atoms with E-state index < -0.39 is 12.6 Å². The maximum atomic E-state index is 12.5. The number of carbonyl (C=O) groups is 3. The Bertz CT molecular complexity index is 1150. The highest BCUT2D eigenvalue weighted by molar-refractivity contribution is 7.21. The molecular weight excluding hydrogens is 487 g/mol. The molecule has 0 bridgehead atoms. The van der Waals surface area contributed by atoms with Gasteiger partial charge in [0, 0.05) is 41.3 Å². The molecule has 0 atom stereocenters. The largest absolute Gasteiger partial charge is 0.459 e. The summed E-state index contributed by atoms with van der Waals surface area (Å²) in [5.41, 5.74) is 0. The number of rotatable bonds is 4. The predicted octanol–water partition coefficient (Wildman–Crippen LogP) is 4.60. The van der Waals surface area contributed by atoms with Crippen molar-refractivity contribution in [2.24, 2.45) is 0 Å². The van der Waals surface area contributed by atoms with E-state index in [0.717, 1.165) is 11.3 Å². The number of amides is 2. The lowest BCUT2D eigenvalue weighted by molar-refractivity contribution is -0.136. The van der Waals surface area contributed by atoms with E-state index in [-0.39, 0.29) is 27.5 Å². The van der Waals surface area contributed by atoms with Gasteiger partial charge in [-0.2, -0.15) is 0 Å². The first-order valence-electron chi connectivity index (χ1n) is 9.20. The van der Waals surface area contributed by atoms with Crippen LogP contribution in [-0.4, -0.2) is 60.4 Å². The van der Waals surface area contributed by atoms with Crippen molar-refractivity contribution in [2.45, 2.75) is 0 Å². The van der Waals surface area contributed by atoms with Gasteiger partial charge in [0.2, 0.25) is 0 Å². The lowest BCUT2D eigenvalue weighted by atomic mass is 10.2.